The summed E-state index contributed by atoms with van der Waals surface area (Å²) in [4.78, 5) is 16.9. The van der Waals surface area contributed by atoms with Gasteiger partial charge in [-0.15, -0.1) is 0 Å². The molecular weight excluding hydrogens is 450 g/mol. The van der Waals surface area contributed by atoms with Crippen LogP contribution in [0, 0.1) is 11.3 Å². The second-order valence-corrected chi connectivity index (χ2v) is 8.06. The number of fused-ring (bicyclic) bond motifs is 1. The average Bonchev–Trinajstić information content (AvgIpc) is 3.28. The fraction of sp³-hybridized carbons (Fsp3) is 0.115. The van der Waals surface area contributed by atoms with Crippen LogP contribution in [-0.2, 0) is 4.79 Å². The van der Waals surface area contributed by atoms with Crippen molar-refractivity contribution in [3.8, 4) is 23.3 Å². The maximum absolute atomic E-state index is 12.5. The number of thiazole rings is 1. The Morgan fingerprint density at radius 3 is 2.44 bits per heavy atom. The first kappa shape index (κ1) is 22.8. The Hall–Kier alpha value is -4.35. The lowest BCUT2D eigenvalue weighted by Crippen LogP contribution is -2.13. The molecule has 0 saturated carbocycles. The molecule has 170 valence electrons. The van der Waals surface area contributed by atoms with E-state index in [-0.39, 0.29) is 5.57 Å². The van der Waals surface area contributed by atoms with Gasteiger partial charge in [0.25, 0.3) is 5.91 Å². The van der Waals surface area contributed by atoms with Gasteiger partial charge in [0, 0.05) is 0 Å². The topological polar surface area (TPSA) is 93.5 Å². The van der Waals surface area contributed by atoms with Crippen molar-refractivity contribution in [2.45, 2.75) is 0 Å². The Bertz CT molecular complexity index is 1320. The minimum Gasteiger partial charge on any atom is -0.493 e. The molecule has 0 spiro atoms. The van der Waals surface area contributed by atoms with Gasteiger partial charge in [-0.2, -0.15) is 5.26 Å². The molecule has 4 rings (SSSR count). The quantitative estimate of drug-likeness (QED) is 0.202. The number of nitrogens with one attached hydrogen (secondary N) is 1. The third kappa shape index (κ3) is 5.71. The third-order valence-corrected chi connectivity index (χ3v) is 5.70. The van der Waals surface area contributed by atoms with Crippen molar-refractivity contribution in [3.05, 3.63) is 83.9 Å². The first-order chi connectivity index (χ1) is 16.7. The monoisotopic (exact) mass is 471 g/mol. The molecule has 0 radical (unpaired) electrons. The summed E-state index contributed by atoms with van der Waals surface area (Å²) < 4.78 is 17.6. The maximum Gasteiger partial charge on any atom is 0.268 e. The molecule has 0 unspecified atom stereocenters. The number of rotatable bonds is 9. The average molecular weight is 472 g/mol. The highest BCUT2D eigenvalue weighted by atomic mass is 32.1. The summed E-state index contributed by atoms with van der Waals surface area (Å²) in [6.07, 6.45) is 1.53. The van der Waals surface area contributed by atoms with Gasteiger partial charge >= 0.3 is 0 Å². The largest absolute Gasteiger partial charge is 0.493 e. The second kappa shape index (κ2) is 11.0. The number of carbonyl (C=O) groups is 1. The number of ether oxygens (including phenoxy) is 3. The van der Waals surface area contributed by atoms with E-state index in [2.05, 4.69) is 10.3 Å². The number of para-hydroxylation sites is 3. The summed E-state index contributed by atoms with van der Waals surface area (Å²) in [6.45, 7) is 0.702. The van der Waals surface area contributed by atoms with Crippen LogP contribution >= 0.6 is 11.3 Å². The minimum absolute atomic E-state index is 0.0156. The van der Waals surface area contributed by atoms with E-state index in [0.717, 1.165) is 10.2 Å². The molecule has 3 aromatic carbocycles. The van der Waals surface area contributed by atoms with E-state index in [9.17, 15) is 10.1 Å². The van der Waals surface area contributed by atoms with E-state index in [1.165, 1.54) is 17.4 Å². The van der Waals surface area contributed by atoms with Gasteiger partial charge in [0.05, 0.1) is 17.3 Å². The summed E-state index contributed by atoms with van der Waals surface area (Å²) in [7, 11) is 1.59. The second-order valence-electron chi connectivity index (χ2n) is 7.03. The highest BCUT2D eigenvalue weighted by Gasteiger charge is 2.12. The van der Waals surface area contributed by atoms with Crippen LogP contribution < -0.4 is 19.5 Å². The molecule has 1 aromatic heterocycles. The Balaban J connectivity index is 1.32. The molecule has 1 amide bonds. The van der Waals surface area contributed by atoms with Gasteiger partial charge in [0.1, 0.15) is 30.6 Å². The van der Waals surface area contributed by atoms with E-state index in [0.29, 0.717) is 41.2 Å². The van der Waals surface area contributed by atoms with Crippen LogP contribution in [0.15, 0.2) is 78.4 Å². The summed E-state index contributed by atoms with van der Waals surface area (Å²) in [5.41, 5.74) is 1.49. The Morgan fingerprint density at radius 1 is 1.00 bits per heavy atom. The highest BCUT2D eigenvalue weighted by molar-refractivity contribution is 7.22. The lowest BCUT2D eigenvalue weighted by molar-refractivity contribution is -0.112. The van der Waals surface area contributed by atoms with Gasteiger partial charge < -0.3 is 14.2 Å². The summed E-state index contributed by atoms with van der Waals surface area (Å²) in [5, 5.41) is 12.6. The Morgan fingerprint density at radius 2 is 1.71 bits per heavy atom. The zero-order valence-corrected chi connectivity index (χ0v) is 19.2. The predicted molar refractivity (Wildman–Crippen MR) is 132 cm³/mol. The SMILES string of the molecule is COc1ccccc1OCCOc1ccc(/C=C(\C#N)C(=O)Nc2nc3ccccc3s2)cc1. The normalized spacial score (nSPS) is 11.0. The third-order valence-electron chi connectivity index (χ3n) is 4.75. The lowest BCUT2D eigenvalue weighted by atomic mass is 10.1. The van der Waals surface area contributed by atoms with Crippen LogP contribution in [0.25, 0.3) is 16.3 Å². The molecule has 0 aliphatic carbocycles. The van der Waals surface area contributed by atoms with Crippen LogP contribution in [0.5, 0.6) is 17.2 Å². The smallest absolute Gasteiger partial charge is 0.268 e. The van der Waals surface area contributed by atoms with E-state index in [1.807, 2.05) is 54.6 Å². The van der Waals surface area contributed by atoms with Crippen molar-refractivity contribution < 1.29 is 19.0 Å². The van der Waals surface area contributed by atoms with Crippen LogP contribution in [0.3, 0.4) is 0 Å². The zero-order chi connectivity index (χ0) is 23.8. The lowest BCUT2D eigenvalue weighted by Gasteiger charge is -2.11. The van der Waals surface area contributed by atoms with Crippen molar-refractivity contribution in [2.24, 2.45) is 0 Å². The number of aromatic nitrogens is 1. The number of methoxy groups -OCH3 is 1. The molecule has 0 aliphatic rings. The van der Waals surface area contributed by atoms with Gasteiger partial charge in [-0.1, -0.05) is 47.7 Å². The van der Waals surface area contributed by atoms with Crippen LogP contribution in [0.1, 0.15) is 5.56 Å². The Kier molecular flexibility index (Phi) is 7.38. The number of hydrogen-bond donors (Lipinski definition) is 1. The molecular formula is C26H21N3O4S. The first-order valence-corrected chi connectivity index (χ1v) is 11.3. The zero-order valence-electron chi connectivity index (χ0n) is 18.4. The molecule has 0 bridgehead atoms. The first-order valence-electron chi connectivity index (χ1n) is 10.4. The van der Waals surface area contributed by atoms with E-state index >= 15 is 0 Å². The van der Waals surface area contributed by atoms with Crippen molar-refractivity contribution in [1.29, 1.82) is 5.26 Å². The molecule has 0 fully saturated rings. The standard InChI is InChI=1S/C26H21N3O4S/c1-31-22-7-3-4-8-23(22)33-15-14-32-20-12-10-18(11-13-20)16-19(17-27)25(30)29-26-28-21-6-2-5-9-24(21)34-26/h2-13,16H,14-15H2,1H3,(H,28,29,30)/b19-16+. The molecule has 0 aliphatic heterocycles. The van der Waals surface area contributed by atoms with Gasteiger partial charge in [-0.05, 0) is 48.0 Å². The molecule has 8 heteroatoms. The number of carbonyl (C=O) groups excluding carboxylic acids is 1. The van der Waals surface area contributed by atoms with Crippen LogP contribution in [-0.4, -0.2) is 31.2 Å². The number of amides is 1. The molecule has 1 N–H and O–H groups in total. The maximum atomic E-state index is 12.5. The number of hydrogen-bond acceptors (Lipinski definition) is 7. The summed E-state index contributed by atoms with van der Waals surface area (Å²) >= 11 is 1.36. The van der Waals surface area contributed by atoms with Crippen LogP contribution in [0.2, 0.25) is 0 Å². The fourth-order valence-electron chi connectivity index (χ4n) is 3.11. The van der Waals surface area contributed by atoms with E-state index in [1.54, 1.807) is 31.4 Å². The number of benzene rings is 3. The minimum atomic E-state index is -0.504. The predicted octanol–water partition coefficient (Wildman–Crippen LogP) is 5.31. The van der Waals surface area contributed by atoms with Crippen molar-refractivity contribution in [3.63, 3.8) is 0 Å². The van der Waals surface area contributed by atoms with Gasteiger partial charge in [-0.25, -0.2) is 4.98 Å². The van der Waals surface area contributed by atoms with Gasteiger partial charge in [0.15, 0.2) is 16.6 Å². The van der Waals surface area contributed by atoms with E-state index in [4.69, 9.17) is 14.2 Å². The molecule has 4 aromatic rings. The van der Waals surface area contributed by atoms with Crippen molar-refractivity contribution in [2.75, 3.05) is 25.6 Å². The molecule has 0 saturated heterocycles. The van der Waals surface area contributed by atoms with Gasteiger partial charge in [-0.3, -0.25) is 10.1 Å². The number of anilines is 1. The molecule has 0 atom stereocenters. The van der Waals surface area contributed by atoms with Crippen LogP contribution in [0.4, 0.5) is 5.13 Å². The highest BCUT2D eigenvalue weighted by Crippen LogP contribution is 2.27. The van der Waals surface area contributed by atoms with Crippen molar-refractivity contribution >= 4 is 38.7 Å². The number of nitriles is 1. The molecule has 34 heavy (non-hydrogen) atoms. The molecule has 7 nitrogen and oxygen atoms in total. The van der Waals surface area contributed by atoms with Crippen molar-refractivity contribution in [1.82, 2.24) is 4.98 Å². The number of nitrogens with zero attached hydrogens (tertiary/aromatic N) is 2. The fourth-order valence-corrected chi connectivity index (χ4v) is 3.98. The summed E-state index contributed by atoms with van der Waals surface area (Å²) in [5.74, 6) is 1.47. The molecule has 1 heterocycles. The van der Waals surface area contributed by atoms with Gasteiger partial charge in [0.2, 0.25) is 0 Å². The summed E-state index contributed by atoms with van der Waals surface area (Å²) in [6, 6.07) is 24.1. The van der Waals surface area contributed by atoms with E-state index < -0.39 is 5.91 Å². The Labute approximate surface area is 200 Å².